The molecule has 0 spiro atoms. The average Bonchev–Trinajstić information content (AvgIpc) is 3.16. The summed E-state index contributed by atoms with van der Waals surface area (Å²) in [5, 5.41) is 6.63. The van der Waals surface area contributed by atoms with Crippen LogP contribution < -0.4 is 30.6 Å². The van der Waals surface area contributed by atoms with E-state index in [0.717, 1.165) is 5.56 Å². The molecule has 7 nitrogen and oxygen atoms in total. The maximum atomic E-state index is 12.9. The van der Waals surface area contributed by atoms with Crippen LogP contribution in [0.5, 0.6) is 17.2 Å². The molecule has 0 amide bonds. The molecule has 0 saturated carbocycles. The minimum absolute atomic E-state index is 0.0466. The molecular formula is C19H23N3O4. The number of hydrogen-bond acceptors (Lipinski definition) is 7. The van der Waals surface area contributed by atoms with Gasteiger partial charge in [0.2, 0.25) is 5.75 Å². The van der Waals surface area contributed by atoms with Crippen LogP contribution in [-0.4, -0.2) is 39.7 Å². The fourth-order valence-corrected chi connectivity index (χ4v) is 3.05. The van der Waals surface area contributed by atoms with Crippen LogP contribution in [-0.2, 0) is 0 Å². The Kier molecular flexibility index (Phi) is 5.29. The zero-order chi connectivity index (χ0) is 18.7. The molecule has 4 N–H and O–H groups in total. The van der Waals surface area contributed by atoms with Crippen molar-refractivity contribution >= 4 is 11.5 Å². The molecule has 1 aliphatic rings. The number of nitrogens with two attached hydrogens (primary N) is 1. The summed E-state index contributed by atoms with van der Waals surface area (Å²) in [5.74, 6) is 1.32. The molecule has 0 bridgehead atoms. The van der Waals surface area contributed by atoms with Crippen LogP contribution in [0.4, 0.5) is 5.69 Å². The lowest BCUT2D eigenvalue weighted by Gasteiger charge is -2.16. The number of anilines is 1. The molecule has 138 valence electrons. The summed E-state index contributed by atoms with van der Waals surface area (Å²) in [6, 6.07) is 10.5. The van der Waals surface area contributed by atoms with E-state index in [1.165, 1.54) is 21.3 Å². The normalized spacial score (nSPS) is 19.2. The number of carbonyl (C=O) groups is 1. The Hall–Kier alpha value is -2.77. The quantitative estimate of drug-likeness (QED) is 0.535. The topological polar surface area (TPSA) is 94.8 Å². The summed E-state index contributed by atoms with van der Waals surface area (Å²) < 4.78 is 16.0. The molecule has 0 aliphatic carbocycles. The number of carbonyl (C=O) groups excluding carboxylic acids is 1. The van der Waals surface area contributed by atoms with E-state index >= 15 is 0 Å². The molecule has 1 heterocycles. The molecule has 0 radical (unpaired) electrons. The fraction of sp³-hybridized carbons (Fsp3) is 0.316. The third kappa shape index (κ3) is 3.44. The Morgan fingerprint density at radius 1 is 1.04 bits per heavy atom. The first-order valence-electron chi connectivity index (χ1n) is 8.26. The summed E-state index contributed by atoms with van der Waals surface area (Å²) in [6.07, 6.45) is -0.105. The average molecular weight is 357 g/mol. The Morgan fingerprint density at radius 3 is 2.19 bits per heavy atom. The van der Waals surface area contributed by atoms with Gasteiger partial charge in [-0.15, -0.1) is 0 Å². The van der Waals surface area contributed by atoms with Gasteiger partial charge in [0.25, 0.3) is 0 Å². The van der Waals surface area contributed by atoms with Crippen molar-refractivity contribution in [2.45, 2.75) is 12.2 Å². The van der Waals surface area contributed by atoms with Gasteiger partial charge in [0, 0.05) is 17.8 Å². The Morgan fingerprint density at radius 2 is 1.65 bits per heavy atom. The first-order chi connectivity index (χ1) is 12.6. The van der Waals surface area contributed by atoms with E-state index in [-0.39, 0.29) is 18.0 Å². The van der Waals surface area contributed by atoms with Crippen molar-refractivity contribution in [1.29, 1.82) is 0 Å². The summed E-state index contributed by atoms with van der Waals surface area (Å²) >= 11 is 0. The highest BCUT2D eigenvalue weighted by atomic mass is 16.5. The van der Waals surface area contributed by atoms with Gasteiger partial charge in [0.05, 0.1) is 33.5 Å². The number of ether oxygens (including phenoxy) is 3. The molecule has 2 aromatic rings. The molecule has 1 fully saturated rings. The minimum Gasteiger partial charge on any atom is -0.493 e. The van der Waals surface area contributed by atoms with Gasteiger partial charge in [0.15, 0.2) is 17.3 Å². The molecule has 7 heteroatoms. The largest absolute Gasteiger partial charge is 0.493 e. The fourth-order valence-electron chi connectivity index (χ4n) is 3.05. The Labute approximate surface area is 152 Å². The smallest absolute Gasteiger partial charge is 0.203 e. The van der Waals surface area contributed by atoms with E-state index in [1.54, 1.807) is 12.1 Å². The highest BCUT2D eigenvalue weighted by molar-refractivity contribution is 6.01. The van der Waals surface area contributed by atoms with Gasteiger partial charge >= 0.3 is 0 Å². The lowest BCUT2D eigenvalue weighted by molar-refractivity contribution is 0.0954. The number of hydrogen-bond donors (Lipinski definition) is 3. The van der Waals surface area contributed by atoms with Crippen molar-refractivity contribution in [1.82, 2.24) is 10.6 Å². The zero-order valence-corrected chi connectivity index (χ0v) is 15.0. The van der Waals surface area contributed by atoms with Gasteiger partial charge in [-0.2, -0.15) is 0 Å². The Bertz CT molecular complexity index is 767. The van der Waals surface area contributed by atoms with Gasteiger partial charge < -0.3 is 19.9 Å². The number of nitrogen functional groups attached to an aromatic ring is 1. The second kappa shape index (κ2) is 7.63. The standard InChI is InChI=1S/C19H23N3O4/c1-24-15-8-12(9-16(25-2)18(15)26-3)17(23)14-10-21-19(22-14)11-4-6-13(20)7-5-11/h4-9,14,19,21-22H,10,20H2,1-3H3. The van der Waals surface area contributed by atoms with Gasteiger partial charge in [-0.05, 0) is 29.8 Å². The predicted molar refractivity (Wildman–Crippen MR) is 99.0 cm³/mol. The third-order valence-corrected chi connectivity index (χ3v) is 4.43. The molecule has 2 atom stereocenters. The van der Waals surface area contributed by atoms with Crippen LogP contribution in [0.3, 0.4) is 0 Å². The summed E-state index contributed by atoms with van der Waals surface area (Å²) in [4.78, 5) is 12.9. The van der Waals surface area contributed by atoms with E-state index in [2.05, 4.69) is 10.6 Å². The van der Waals surface area contributed by atoms with Crippen LogP contribution in [0.15, 0.2) is 36.4 Å². The molecule has 1 saturated heterocycles. The van der Waals surface area contributed by atoms with Crippen LogP contribution >= 0.6 is 0 Å². The van der Waals surface area contributed by atoms with Gasteiger partial charge in [-0.3, -0.25) is 15.4 Å². The van der Waals surface area contributed by atoms with Crippen LogP contribution in [0.25, 0.3) is 0 Å². The van der Waals surface area contributed by atoms with Gasteiger partial charge in [-0.1, -0.05) is 12.1 Å². The van der Waals surface area contributed by atoms with E-state index < -0.39 is 0 Å². The highest BCUT2D eigenvalue weighted by Gasteiger charge is 2.31. The Balaban J connectivity index is 1.80. The van der Waals surface area contributed by atoms with Crippen molar-refractivity contribution in [3.8, 4) is 17.2 Å². The molecule has 1 aliphatic heterocycles. The predicted octanol–water partition coefficient (Wildman–Crippen LogP) is 1.74. The number of ketones is 1. The van der Waals surface area contributed by atoms with E-state index in [1.807, 2.05) is 24.3 Å². The van der Waals surface area contributed by atoms with Gasteiger partial charge in [-0.25, -0.2) is 0 Å². The number of methoxy groups -OCH3 is 3. The lowest BCUT2D eigenvalue weighted by Crippen LogP contribution is -2.34. The summed E-state index contributed by atoms with van der Waals surface area (Å²) in [7, 11) is 4.58. The van der Waals surface area contributed by atoms with E-state index in [0.29, 0.717) is 35.0 Å². The maximum absolute atomic E-state index is 12.9. The first-order valence-corrected chi connectivity index (χ1v) is 8.26. The van der Waals surface area contributed by atoms with E-state index in [9.17, 15) is 4.79 Å². The zero-order valence-electron chi connectivity index (χ0n) is 15.0. The van der Waals surface area contributed by atoms with Crippen molar-refractivity contribution < 1.29 is 19.0 Å². The minimum atomic E-state index is -0.361. The van der Waals surface area contributed by atoms with Crippen LogP contribution in [0, 0.1) is 0 Å². The molecular weight excluding hydrogens is 334 g/mol. The highest BCUT2D eigenvalue weighted by Crippen LogP contribution is 2.38. The lowest BCUT2D eigenvalue weighted by atomic mass is 10.0. The first kappa shape index (κ1) is 18.0. The molecule has 26 heavy (non-hydrogen) atoms. The molecule has 2 unspecified atom stereocenters. The summed E-state index contributed by atoms with van der Waals surface area (Å²) in [5.41, 5.74) is 7.96. The number of nitrogens with one attached hydrogen (secondary N) is 2. The van der Waals surface area contributed by atoms with E-state index in [4.69, 9.17) is 19.9 Å². The second-order valence-electron chi connectivity index (χ2n) is 6.01. The third-order valence-electron chi connectivity index (χ3n) is 4.43. The SMILES string of the molecule is COc1cc(C(=O)C2CNC(c3ccc(N)cc3)N2)cc(OC)c1OC. The van der Waals surface area contributed by atoms with Crippen LogP contribution in [0.1, 0.15) is 22.1 Å². The number of benzene rings is 2. The number of Topliss-reactive ketones (excluding diaryl/α,β-unsaturated/α-hetero) is 1. The van der Waals surface area contributed by atoms with Crippen molar-refractivity contribution in [2.75, 3.05) is 33.6 Å². The molecule has 3 rings (SSSR count). The number of rotatable bonds is 6. The van der Waals surface area contributed by atoms with Crippen molar-refractivity contribution in [3.63, 3.8) is 0 Å². The van der Waals surface area contributed by atoms with Gasteiger partial charge in [0.1, 0.15) is 0 Å². The second-order valence-corrected chi connectivity index (χ2v) is 6.01. The van der Waals surface area contributed by atoms with Crippen molar-refractivity contribution in [3.05, 3.63) is 47.5 Å². The maximum Gasteiger partial charge on any atom is 0.203 e. The van der Waals surface area contributed by atoms with Crippen molar-refractivity contribution in [2.24, 2.45) is 0 Å². The summed E-state index contributed by atoms with van der Waals surface area (Å²) in [6.45, 7) is 0.518. The monoisotopic (exact) mass is 357 g/mol. The molecule has 0 aromatic heterocycles. The molecule has 2 aromatic carbocycles. The van der Waals surface area contributed by atoms with Crippen LogP contribution in [0.2, 0.25) is 0 Å².